The largest absolute Gasteiger partial charge is 0.368 e. The van der Waals surface area contributed by atoms with Crippen LogP contribution in [-0.4, -0.2) is 49.9 Å². The molecule has 9 heteroatoms. The maximum absolute atomic E-state index is 14.4. The van der Waals surface area contributed by atoms with Crippen molar-refractivity contribution in [3.63, 3.8) is 0 Å². The number of anilines is 1. The molecule has 2 aromatic heterocycles. The maximum atomic E-state index is 14.4. The van der Waals surface area contributed by atoms with E-state index in [1.54, 1.807) is 29.3 Å². The number of likely N-dealkylation sites (N-methyl/N-ethyl adjacent to an activating group) is 1. The van der Waals surface area contributed by atoms with Crippen LogP contribution in [0.3, 0.4) is 0 Å². The van der Waals surface area contributed by atoms with Crippen LogP contribution in [0.25, 0.3) is 5.69 Å². The monoisotopic (exact) mass is 402 g/mol. The number of hydrogen-bond acceptors (Lipinski definition) is 5. The number of para-hydroxylation sites is 1. The molecule has 0 spiro atoms. The Balaban J connectivity index is 1.80. The van der Waals surface area contributed by atoms with E-state index < -0.39 is 5.82 Å². The SMILES string of the molecule is CCN(C(=O)c1cccc(F)c1-n1nccn1)[C@@H](C)CNc1ccc(Cl)cn1. The molecular weight excluding hydrogens is 383 g/mol. The van der Waals surface area contributed by atoms with Crippen LogP contribution in [0.2, 0.25) is 5.02 Å². The average molecular weight is 403 g/mol. The molecule has 2 heterocycles. The number of hydrogen-bond donors (Lipinski definition) is 1. The van der Waals surface area contributed by atoms with Crippen molar-refractivity contribution in [3.8, 4) is 5.69 Å². The second-order valence-corrected chi connectivity index (χ2v) is 6.57. The van der Waals surface area contributed by atoms with Crippen molar-refractivity contribution >= 4 is 23.3 Å². The van der Waals surface area contributed by atoms with Crippen molar-refractivity contribution in [2.75, 3.05) is 18.4 Å². The molecule has 7 nitrogen and oxygen atoms in total. The van der Waals surface area contributed by atoms with E-state index in [0.717, 1.165) is 4.80 Å². The first-order valence-corrected chi connectivity index (χ1v) is 9.20. The van der Waals surface area contributed by atoms with E-state index in [-0.39, 0.29) is 23.2 Å². The lowest BCUT2D eigenvalue weighted by Crippen LogP contribution is -2.42. The number of aromatic nitrogens is 4. The molecule has 0 fully saturated rings. The molecule has 3 rings (SSSR count). The summed E-state index contributed by atoms with van der Waals surface area (Å²) in [6.07, 6.45) is 4.42. The molecule has 0 aliphatic carbocycles. The van der Waals surface area contributed by atoms with E-state index in [2.05, 4.69) is 20.5 Å². The lowest BCUT2D eigenvalue weighted by molar-refractivity contribution is 0.0711. The molecule has 0 saturated heterocycles. The number of carbonyl (C=O) groups is 1. The fourth-order valence-electron chi connectivity index (χ4n) is 2.88. The molecule has 0 aliphatic rings. The third-order valence-electron chi connectivity index (χ3n) is 4.28. The molecule has 146 valence electrons. The lowest BCUT2D eigenvalue weighted by Gasteiger charge is -2.29. The van der Waals surface area contributed by atoms with Gasteiger partial charge in [-0.3, -0.25) is 4.79 Å². The molecule has 0 bridgehead atoms. The molecule has 0 aliphatic heterocycles. The quantitative estimate of drug-likeness (QED) is 0.655. The number of benzene rings is 1. The van der Waals surface area contributed by atoms with Crippen LogP contribution in [0.15, 0.2) is 48.9 Å². The Morgan fingerprint density at radius 2 is 2.04 bits per heavy atom. The van der Waals surface area contributed by atoms with Crippen LogP contribution < -0.4 is 5.32 Å². The smallest absolute Gasteiger partial charge is 0.256 e. The summed E-state index contributed by atoms with van der Waals surface area (Å²) >= 11 is 5.84. The number of carbonyl (C=O) groups excluding carboxylic acids is 1. The Hall–Kier alpha value is -3.00. The Labute approximate surface area is 167 Å². The van der Waals surface area contributed by atoms with Gasteiger partial charge in [0, 0.05) is 25.3 Å². The normalized spacial score (nSPS) is 11.9. The van der Waals surface area contributed by atoms with Crippen molar-refractivity contribution in [3.05, 3.63) is 65.3 Å². The fraction of sp³-hybridized carbons (Fsp3) is 0.263. The lowest BCUT2D eigenvalue weighted by atomic mass is 10.1. The molecule has 3 aromatic rings. The highest BCUT2D eigenvalue weighted by atomic mass is 35.5. The number of nitrogens with zero attached hydrogens (tertiary/aromatic N) is 5. The molecule has 1 aromatic carbocycles. The fourth-order valence-corrected chi connectivity index (χ4v) is 2.99. The van der Waals surface area contributed by atoms with Crippen molar-refractivity contribution < 1.29 is 9.18 Å². The van der Waals surface area contributed by atoms with Gasteiger partial charge in [0.1, 0.15) is 11.5 Å². The first-order valence-electron chi connectivity index (χ1n) is 8.82. The van der Waals surface area contributed by atoms with Crippen molar-refractivity contribution in [2.45, 2.75) is 19.9 Å². The summed E-state index contributed by atoms with van der Waals surface area (Å²) in [6.45, 7) is 4.71. The molecule has 1 N–H and O–H groups in total. The van der Waals surface area contributed by atoms with Crippen LogP contribution in [0, 0.1) is 5.82 Å². The molecule has 0 unspecified atom stereocenters. The van der Waals surface area contributed by atoms with Crippen LogP contribution in [-0.2, 0) is 0 Å². The van der Waals surface area contributed by atoms with E-state index in [4.69, 9.17) is 11.6 Å². The van der Waals surface area contributed by atoms with Crippen LogP contribution in [0.1, 0.15) is 24.2 Å². The maximum Gasteiger partial charge on any atom is 0.256 e. The summed E-state index contributed by atoms with van der Waals surface area (Å²) in [7, 11) is 0. The van der Waals surface area contributed by atoms with Gasteiger partial charge in [-0.15, -0.1) is 4.80 Å². The van der Waals surface area contributed by atoms with E-state index in [1.807, 2.05) is 13.8 Å². The third-order valence-corrected chi connectivity index (χ3v) is 4.50. The zero-order chi connectivity index (χ0) is 20.1. The zero-order valence-electron chi connectivity index (χ0n) is 15.5. The summed E-state index contributed by atoms with van der Waals surface area (Å²) < 4.78 is 14.4. The van der Waals surface area contributed by atoms with Crippen LogP contribution >= 0.6 is 11.6 Å². The van der Waals surface area contributed by atoms with Gasteiger partial charge in [0.05, 0.1) is 23.0 Å². The highest BCUT2D eigenvalue weighted by Gasteiger charge is 2.25. The molecule has 1 atom stereocenters. The topological polar surface area (TPSA) is 75.9 Å². The zero-order valence-corrected chi connectivity index (χ0v) is 16.3. The highest BCUT2D eigenvalue weighted by molar-refractivity contribution is 6.30. The van der Waals surface area contributed by atoms with E-state index in [1.165, 1.54) is 24.5 Å². The van der Waals surface area contributed by atoms with Crippen LogP contribution in [0.4, 0.5) is 10.2 Å². The van der Waals surface area contributed by atoms with Gasteiger partial charge in [-0.1, -0.05) is 17.7 Å². The molecule has 28 heavy (non-hydrogen) atoms. The van der Waals surface area contributed by atoms with E-state index in [9.17, 15) is 9.18 Å². The minimum atomic E-state index is -0.561. The second-order valence-electron chi connectivity index (χ2n) is 6.14. The Morgan fingerprint density at radius 1 is 1.29 bits per heavy atom. The number of rotatable bonds is 7. The number of nitrogens with one attached hydrogen (secondary N) is 1. The number of pyridine rings is 1. The Bertz CT molecular complexity index is 932. The predicted octanol–water partition coefficient (Wildman–Crippen LogP) is 3.42. The van der Waals surface area contributed by atoms with Crippen molar-refractivity contribution in [1.29, 1.82) is 0 Å². The summed E-state index contributed by atoms with van der Waals surface area (Å²) in [5.41, 5.74) is 0.241. The second kappa shape index (κ2) is 8.79. The predicted molar refractivity (Wildman–Crippen MR) is 105 cm³/mol. The molecule has 0 radical (unpaired) electrons. The van der Waals surface area contributed by atoms with E-state index >= 15 is 0 Å². The summed E-state index contributed by atoms with van der Waals surface area (Å²) in [5, 5.41) is 11.7. The molecule has 0 saturated carbocycles. The van der Waals surface area contributed by atoms with Crippen LogP contribution in [0.5, 0.6) is 0 Å². The standard InChI is InChI=1S/C19H20ClFN6O/c1-3-26(13(2)11-22-17-8-7-14(20)12-23-17)19(28)15-5-4-6-16(21)18(15)27-24-9-10-25-27/h4-10,12-13H,3,11H2,1-2H3,(H,22,23)/t13-/m0/s1. The van der Waals surface area contributed by atoms with Gasteiger partial charge in [0.25, 0.3) is 5.91 Å². The first-order chi connectivity index (χ1) is 13.5. The van der Waals surface area contributed by atoms with Gasteiger partial charge in [0.15, 0.2) is 5.82 Å². The summed E-state index contributed by atoms with van der Waals surface area (Å²) in [5.74, 6) is -0.200. The number of amides is 1. The Kier molecular flexibility index (Phi) is 6.20. The van der Waals surface area contributed by atoms with Crippen molar-refractivity contribution in [2.24, 2.45) is 0 Å². The first kappa shape index (κ1) is 19.8. The van der Waals surface area contributed by atoms with Crippen molar-refractivity contribution in [1.82, 2.24) is 24.9 Å². The minimum Gasteiger partial charge on any atom is -0.368 e. The van der Waals surface area contributed by atoms with Gasteiger partial charge < -0.3 is 10.2 Å². The van der Waals surface area contributed by atoms with Gasteiger partial charge in [-0.2, -0.15) is 10.2 Å². The summed E-state index contributed by atoms with van der Waals surface area (Å²) in [6, 6.07) is 7.69. The van der Waals surface area contributed by atoms with Gasteiger partial charge >= 0.3 is 0 Å². The summed E-state index contributed by atoms with van der Waals surface area (Å²) in [4.78, 5) is 20.1. The van der Waals surface area contributed by atoms with Gasteiger partial charge in [-0.25, -0.2) is 9.37 Å². The van der Waals surface area contributed by atoms with Gasteiger partial charge in [-0.05, 0) is 38.1 Å². The minimum absolute atomic E-state index is 0.0375. The third kappa shape index (κ3) is 4.28. The average Bonchev–Trinajstić information content (AvgIpc) is 3.22. The highest BCUT2D eigenvalue weighted by Crippen LogP contribution is 2.20. The van der Waals surface area contributed by atoms with E-state index in [0.29, 0.717) is 23.9 Å². The Morgan fingerprint density at radius 3 is 2.68 bits per heavy atom. The number of halogens is 2. The molecular formula is C19H20ClFN6O. The van der Waals surface area contributed by atoms with Gasteiger partial charge in [0.2, 0.25) is 0 Å². The molecule has 1 amide bonds.